The molecule has 5 nitrogen and oxygen atoms in total. The molecular formula is C13H18O5S. The van der Waals surface area contributed by atoms with Crippen molar-refractivity contribution < 1.29 is 22.7 Å². The molecule has 0 N–H and O–H groups in total. The lowest BCUT2D eigenvalue weighted by Gasteiger charge is -2.25. The third-order valence-electron chi connectivity index (χ3n) is 2.38. The van der Waals surface area contributed by atoms with Gasteiger partial charge in [-0.1, -0.05) is 12.1 Å². The molecule has 0 fully saturated rings. The molecule has 0 saturated carbocycles. The normalized spacial score (nSPS) is 12.0. The van der Waals surface area contributed by atoms with Gasteiger partial charge in [0.25, 0.3) is 0 Å². The fourth-order valence-electron chi connectivity index (χ4n) is 1.46. The van der Waals surface area contributed by atoms with Crippen LogP contribution in [0.2, 0.25) is 0 Å². The lowest BCUT2D eigenvalue weighted by atomic mass is 10.1. The fourth-order valence-corrected chi connectivity index (χ4v) is 2.26. The summed E-state index contributed by atoms with van der Waals surface area (Å²) in [6, 6.07) is 6.19. The molecule has 1 rings (SSSR count). The van der Waals surface area contributed by atoms with E-state index >= 15 is 0 Å². The van der Waals surface area contributed by atoms with E-state index in [-0.39, 0.29) is 17.3 Å². The van der Waals surface area contributed by atoms with E-state index in [1.165, 1.54) is 26.0 Å². The van der Waals surface area contributed by atoms with Crippen molar-refractivity contribution >= 4 is 15.8 Å². The van der Waals surface area contributed by atoms with Crippen molar-refractivity contribution in [1.29, 1.82) is 0 Å². The topological polar surface area (TPSA) is 69.7 Å². The Kier molecular flexibility index (Phi) is 4.57. The van der Waals surface area contributed by atoms with Gasteiger partial charge in [0, 0.05) is 6.26 Å². The smallest absolute Gasteiger partial charge is 0.349 e. The molecule has 6 heteroatoms. The molecule has 0 bridgehead atoms. The predicted molar refractivity (Wildman–Crippen MR) is 70.9 cm³/mol. The fraction of sp³-hybridized carbons (Fsp3) is 0.462. The number of carbonyl (C=O) groups excluding carboxylic acids is 1. The summed E-state index contributed by atoms with van der Waals surface area (Å²) >= 11 is 0. The van der Waals surface area contributed by atoms with Crippen molar-refractivity contribution in [3.05, 3.63) is 24.3 Å². The zero-order valence-electron chi connectivity index (χ0n) is 11.5. The Morgan fingerprint density at radius 1 is 1.26 bits per heavy atom. The van der Waals surface area contributed by atoms with E-state index in [4.69, 9.17) is 9.47 Å². The molecule has 1 aromatic carbocycles. The summed E-state index contributed by atoms with van der Waals surface area (Å²) < 4.78 is 33.7. The summed E-state index contributed by atoms with van der Waals surface area (Å²) in [6.45, 7) is 4.99. The molecule has 0 saturated heterocycles. The molecule has 0 aliphatic heterocycles. The number of para-hydroxylation sites is 1. The minimum atomic E-state index is -3.42. The molecule has 19 heavy (non-hydrogen) atoms. The van der Waals surface area contributed by atoms with Gasteiger partial charge in [0.15, 0.2) is 15.4 Å². The van der Waals surface area contributed by atoms with E-state index in [9.17, 15) is 13.2 Å². The number of esters is 1. The van der Waals surface area contributed by atoms with Crippen LogP contribution in [-0.4, -0.2) is 32.9 Å². The molecule has 0 radical (unpaired) electrons. The van der Waals surface area contributed by atoms with Gasteiger partial charge in [-0.15, -0.1) is 0 Å². The Labute approximate surface area is 113 Å². The first kappa shape index (κ1) is 15.5. The van der Waals surface area contributed by atoms with E-state index in [0.29, 0.717) is 0 Å². The van der Waals surface area contributed by atoms with Crippen molar-refractivity contribution in [2.45, 2.75) is 31.3 Å². The highest BCUT2D eigenvalue weighted by molar-refractivity contribution is 7.90. The Bertz CT molecular complexity index is 560. The minimum absolute atomic E-state index is 0.0485. The van der Waals surface area contributed by atoms with Crippen LogP contribution in [0.25, 0.3) is 0 Å². The van der Waals surface area contributed by atoms with Crippen LogP contribution in [0.15, 0.2) is 29.2 Å². The molecule has 1 aromatic rings. The van der Waals surface area contributed by atoms with Crippen LogP contribution >= 0.6 is 0 Å². The highest BCUT2D eigenvalue weighted by Gasteiger charge is 2.33. The van der Waals surface area contributed by atoms with Gasteiger partial charge in [-0.3, -0.25) is 0 Å². The molecule has 0 heterocycles. The Morgan fingerprint density at radius 2 is 1.84 bits per heavy atom. The van der Waals surface area contributed by atoms with Gasteiger partial charge in [-0.05, 0) is 32.9 Å². The highest BCUT2D eigenvalue weighted by Crippen LogP contribution is 2.27. The maximum absolute atomic E-state index is 11.7. The van der Waals surface area contributed by atoms with Crippen molar-refractivity contribution in [2.75, 3.05) is 12.9 Å². The second kappa shape index (κ2) is 5.61. The number of sulfone groups is 1. The number of hydrogen-bond acceptors (Lipinski definition) is 5. The number of benzene rings is 1. The van der Waals surface area contributed by atoms with Gasteiger partial charge in [0.2, 0.25) is 0 Å². The van der Waals surface area contributed by atoms with Crippen LogP contribution in [0.5, 0.6) is 5.75 Å². The minimum Gasteiger partial charge on any atom is -0.475 e. The maximum atomic E-state index is 11.7. The second-order valence-electron chi connectivity index (χ2n) is 4.55. The predicted octanol–water partition coefficient (Wildman–Crippen LogP) is 1.81. The molecule has 0 amide bonds. The van der Waals surface area contributed by atoms with E-state index in [1.54, 1.807) is 19.1 Å². The summed E-state index contributed by atoms with van der Waals surface area (Å²) in [5, 5.41) is 0. The summed E-state index contributed by atoms with van der Waals surface area (Å²) in [4.78, 5) is 11.8. The van der Waals surface area contributed by atoms with Gasteiger partial charge < -0.3 is 9.47 Å². The first-order chi connectivity index (χ1) is 8.68. The van der Waals surface area contributed by atoms with E-state index in [1.807, 2.05) is 0 Å². The molecule has 0 aromatic heterocycles. The van der Waals surface area contributed by atoms with Crippen molar-refractivity contribution in [3.63, 3.8) is 0 Å². The lowest BCUT2D eigenvalue weighted by Crippen LogP contribution is -2.40. The monoisotopic (exact) mass is 286 g/mol. The lowest BCUT2D eigenvalue weighted by molar-refractivity contribution is -0.158. The molecule has 106 valence electrons. The molecular weight excluding hydrogens is 268 g/mol. The average molecular weight is 286 g/mol. The third kappa shape index (κ3) is 3.96. The molecule has 0 spiro atoms. The summed E-state index contributed by atoms with van der Waals surface area (Å²) in [7, 11) is -3.42. The van der Waals surface area contributed by atoms with Crippen LogP contribution in [0.4, 0.5) is 0 Å². The van der Waals surface area contributed by atoms with Gasteiger partial charge in [-0.25, -0.2) is 13.2 Å². The third-order valence-corrected chi connectivity index (χ3v) is 3.52. The summed E-state index contributed by atoms with van der Waals surface area (Å²) in [6.07, 6.45) is 1.09. The Morgan fingerprint density at radius 3 is 2.37 bits per heavy atom. The maximum Gasteiger partial charge on any atom is 0.349 e. The number of ether oxygens (including phenoxy) is 2. The van der Waals surface area contributed by atoms with E-state index in [0.717, 1.165) is 6.26 Å². The Hall–Kier alpha value is -1.56. The van der Waals surface area contributed by atoms with Gasteiger partial charge in [-0.2, -0.15) is 0 Å². The van der Waals surface area contributed by atoms with E-state index in [2.05, 4.69) is 0 Å². The average Bonchev–Trinajstić information content (AvgIpc) is 2.28. The van der Waals surface area contributed by atoms with Crippen LogP contribution in [0.3, 0.4) is 0 Å². The standard InChI is InChI=1S/C13H18O5S/c1-5-17-12(14)13(2,3)18-10-8-6-7-9-11(10)19(4,15)16/h6-9H,5H2,1-4H3. The Balaban J connectivity index is 3.10. The number of hydrogen-bond donors (Lipinski definition) is 0. The SMILES string of the molecule is CCOC(=O)C(C)(C)Oc1ccccc1S(C)(=O)=O. The zero-order chi connectivity index (χ0) is 14.7. The van der Waals surface area contributed by atoms with Gasteiger partial charge in [0.1, 0.15) is 10.6 Å². The molecule has 0 aliphatic rings. The first-order valence-electron chi connectivity index (χ1n) is 5.84. The summed E-state index contributed by atoms with van der Waals surface area (Å²) in [5.74, 6) is -0.402. The van der Waals surface area contributed by atoms with Crippen LogP contribution in [0.1, 0.15) is 20.8 Å². The van der Waals surface area contributed by atoms with Crippen molar-refractivity contribution in [2.24, 2.45) is 0 Å². The van der Waals surface area contributed by atoms with Crippen LogP contribution in [0, 0.1) is 0 Å². The van der Waals surface area contributed by atoms with E-state index < -0.39 is 21.4 Å². The molecule has 0 aliphatic carbocycles. The first-order valence-corrected chi connectivity index (χ1v) is 7.73. The van der Waals surface area contributed by atoms with Crippen LogP contribution < -0.4 is 4.74 Å². The largest absolute Gasteiger partial charge is 0.475 e. The molecule has 0 atom stereocenters. The summed E-state index contributed by atoms with van der Waals surface area (Å²) in [5.41, 5.74) is -1.25. The number of rotatable bonds is 5. The van der Waals surface area contributed by atoms with Gasteiger partial charge in [0.05, 0.1) is 6.61 Å². The molecule has 0 unspecified atom stereocenters. The quantitative estimate of drug-likeness (QED) is 0.772. The highest BCUT2D eigenvalue weighted by atomic mass is 32.2. The number of carbonyl (C=O) groups is 1. The van der Waals surface area contributed by atoms with Crippen molar-refractivity contribution in [3.8, 4) is 5.75 Å². The second-order valence-corrected chi connectivity index (χ2v) is 6.54. The van der Waals surface area contributed by atoms with Crippen molar-refractivity contribution in [1.82, 2.24) is 0 Å². The van der Waals surface area contributed by atoms with Gasteiger partial charge >= 0.3 is 5.97 Å². The zero-order valence-corrected chi connectivity index (χ0v) is 12.3. The van der Waals surface area contributed by atoms with Crippen LogP contribution in [-0.2, 0) is 19.4 Å².